The second kappa shape index (κ2) is 9.19. The summed E-state index contributed by atoms with van der Waals surface area (Å²) in [4.78, 5) is 21.4. The number of carbonyl (C=O) groups excluding carboxylic acids is 1. The van der Waals surface area contributed by atoms with Crippen LogP contribution in [0.15, 0.2) is 81.5 Å². The van der Waals surface area contributed by atoms with Crippen LogP contribution in [0.5, 0.6) is 5.75 Å². The zero-order chi connectivity index (χ0) is 22.8. The van der Waals surface area contributed by atoms with E-state index in [1.165, 1.54) is 6.42 Å². The summed E-state index contributed by atoms with van der Waals surface area (Å²) >= 11 is 0. The molecule has 6 nitrogen and oxygen atoms in total. The van der Waals surface area contributed by atoms with Crippen LogP contribution >= 0.6 is 0 Å². The minimum atomic E-state index is -1.39. The van der Waals surface area contributed by atoms with Gasteiger partial charge in [-0.15, -0.1) is 0 Å². The Labute approximate surface area is 195 Å². The molecule has 0 bridgehead atoms. The van der Waals surface area contributed by atoms with Crippen LogP contribution in [0, 0.1) is 0 Å². The third-order valence-electron chi connectivity index (χ3n) is 5.99. The molecule has 2 heterocycles. The lowest BCUT2D eigenvalue weighted by Crippen LogP contribution is -2.36. The van der Waals surface area contributed by atoms with E-state index >= 15 is 0 Å². The first-order valence-corrected chi connectivity index (χ1v) is 12.3. The molecule has 3 aromatic carbocycles. The summed E-state index contributed by atoms with van der Waals surface area (Å²) in [5.41, 5.74) is 2.72. The maximum absolute atomic E-state index is 13.5. The molecule has 0 aliphatic carbocycles. The molecule has 0 saturated carbocycles. The summed E-state index contributed by atoms with van der Waals surface area (Å²) in [6.45, 7) is 2.13. The molecular formula is C26H25N3O3S. The maximum Gasteiger partial charge on any atom is 0.251 e. The van der Waals surface area contributed by atoms with E-state index in [-0.39, 0.29) is 11.7 Å². The Bertz CT molecular complexity index is 1270. The highest BCUT2D eigenvalue weighted by molar-refractivity contribution is 7.85. The van der Waals surface area contributed by atoms with Gasteiger partial charge in [0.05, 0.1) is 26.3 Å². The van der Waals surface area contributed by atoms with Crippen LogP contribution in [0.4, 0.5) is 5.69 Å². The van der Waals surface area contributed by atoms with Gasteiger partial charge in [0.1, 0.15) is 11.6 Å². The summed E-state index contributed by atoms with van der Waals surface area (Å²) in [5.74, 6) is 0.742. The molecule has 168 valence electrons. The third kappa shape index (κ3) is 4.41. The molecule has 0 radical (unpaired) electrons. The number of aliphatic imine (C=N–C) groups is 1. The minimum absolute atomic E-state index is 0.161. The summed E-state index contributed by atoms with van der Waals surface area (Å²) in [6.07, 6.45) is 3.42. The number of benzene rings is 3. The van der Waals surface area contributed by atoms with Crippen molar-refractivity contribution in [3.63, 3.8) is 0 Å². The molecule has 1 fully saturated rings. The summed E-state index contributed by atoms with van der Waals surface area (Å²) in [6, 6.07) is 19.7. The topological polar surface area (TPSA) is 82.0 Å². The van der Waals surface area contributed by atoms with E-state index in [0.29, 0.717) is 22.7 Å². The second-order valence-electron chi connectivity index (χ2n) is 8.28. The van der Waals surface area contributed by atoms with E-state index in [1.54, 1.807) is 36.4 Å². The number of nitrogens with zero attached hydrogens (tertiary/aromatic N) is 2. The Morgan fingerprint density at radius 1 is 0.970 bits per heavy atom. The Hall–Kier alpha value is -3.45. The highest BCUT2D eigenvalue weighted by Crippen LogP contribution is 2.35. The molecule has 0 aromatic heterocycles. The average molecular weight is 460 g/mol. The van der Waals surface area contributed by atoms with Gasteiger partial charge < -0.3 is 15.3 Å². The first kappa shape index (κ1) is 21.4. The minimum Gasteiger partial charge on any atom is -0.508 e. The molecule has 1 unspecified atom stereocenters. The average Bonchev–Trinajstić information content (AvgIpc) is 2.97. The van der Waals surface area contributed by atoms with Crippen molar-refractivity contribution in [1.29, 1.82) is 0 Å². The number of likely N-dealkylation sites (tertiary alicyclic amines) is 1. The fraction of sp³-hybridized carbons (Fsp3) is 0.231. The van der Waals surface area contributed by atoms with E-state index < -0.39 is 10.8 Å². The van der Waals surface area contributed by atoms with E-state index in [2.05, 4.69) is 10.2 Å². The number of phenols is 1. The van der Waals surface area contributed by atoms with E-state index in [1.807, 2.05) is 30.3 Å². The SMILES string of the molecule is O=C(NCc1cccc(O)c1)c1ccc2c(c1)N=C(N1CCCCC1)c1ccccc1S2=O. The lowest BCUT2D eigenvalue weighted by Gasteiger charge is -2.30. The number of hydrogen-bond acceptors (Lipinski definition) is 5. The van der Waals surface area contributed by atoms with E-state index in [0.717, 1.165) is 47.8 Å². The molecule has 0 spiro atoms. The molecule has 7 heteroatoms. The van der Waals surface area contributed by atoms with E-state index in [4.69, 9.17) is 4.99 Å². The predicted molar refractivity (Wildman–Crippen MR) is 128 cm³/mol. The molecule has 1 amide bonds. The number of carbonyl (C=O) groups is 1. The number of nitrogens with one attached hydrogen (secondary N) is 1. The summed E-state index contributed by atoms with van der Waals surface area (Å²) in [5, 5.41) is 12.5. The summed E-state index contributed by atoms with van der Waals surface area (Å²) in [7, 11) is -1.39. The Kier molecular flexibility index (Phi) is 5.96. The number of piperidine rings is 1. The van der Waals surface area contributed by atoms with Gasteiger partial charge in [-0.05, 0) is 61.2 Å². The van der Waals surface area contributed by atoms with Gasteiger partial charge in [-0.1, -0.05) is 30.3 Å². The molecule has 1 atom stereocenters. The van der Waals surface area contributed by atoms with Crippen LogP contribution in [0.2, 0.25) is 0 Å². The molecule has 5 rings (SSSR count). The van der Waals surface area contributed by atoms with Crippen LogP contribution in [-0.4, -0.2) is 39.0 Å². The van der Waals surface area contributed by atoms with Gasteiger partial charge in [0.2, 0.25) is 0 Å². The van der Waals surface area contributed by atoms with Gasteiger partial charge in [-0.3, -0.25) is 4.79 Å². The lowest BCUT2D eigenvalue weighted by atomic mass is 10.1. The normalized spacial score (nSPS) is 17.4. The zero-order valence-corrected chi connectivity index (χ0v) is 19.0. The van der Waals surface area contributed by atoms with Crippen LogP contribution in [-0.2, 0) is 17.3 Å². The summed E-state index contributed by atoms with van der Waals surface area (Å²) < 4.78 is 13.5. The second-order valence-corrected chi connectivity index (χ2v) is 9.70. The first-order valence-electron chi connectivity index (χ1n) is 11.1. The molecule has 1 saturated heterocycles. The van der Waals surface area contributed by atoms with Crippen LogP contribution in [0.3, 0.4) is 0 Å². The lowest BCUT2D eigenvalue weighted by molar-refractivity contribution is 0.0950. The Morgan fingerprint density at radius 3 is 2.61 bits per heavy atom. The molecule has 2 aliphatic rings. The van der Waals surface area contributed by atoms with Crippen LogP contribution in [0.25, 0.3) is 0 Å². The van der Waals surface area contributed by atoms with Crippen molar-refractivity contribution < 1.29 is 14.1 Å². The molecule has 33 heavy (non-hydrogen) atoms. The zero-order valence-electron chi connectivity index (χ0n) is 18.2. The van der Waals surface area contributed by atoms with Crippen molar-refractivity contribution in [2.75, 3.05) is 13.1 Å². The fourth-order valence-corrected chi connectivity index (χ4v) is 5.59. The van der Waals surface area contributed by atoms with Gasteiger partial charge in [-0.2, -0.15) is 0 Å². The smallest absolute Gasteiger partial charge is 0.251 e. The molecule has 2 N–H and O–H groups in total. The number of aromatic hydroxyl groups is 1. The molecule has 3 aromatic rings. The number of fused-ring (bicyclic) bond motifs is 2. The monoisotopic (exact) mass is 459 g/mol. The van der Waals surface area contributed by atoms with Crippen molar-refractivity contribution >= 4 is 28.2 Å². The largest absolute Gasteiger partial charge is 0.508 e. The first-order chi connectivity index (χ1) is 16.1. The maximum atomic E-state index is 13.5. The van der Waals surface area contributed by atoms with E-state index in [9.17, 15) is 14.1 Å². The number of phenolic OH excluding ortho intramolecular Hbond substituents is 1. The third-order valence-corrected chi connectivity index (χ3v) is 7.49. The van der Waals surface area contributed by atoms with Crippen molar-refractivity contribution in [2.45, 2.75) is 35.6 Å². The van der Waals surface area contributed by atoms with Crippen LogP contribution in [0.1, 0.15) is 40.7 Å². The molecule has 2 aliphatic heterocycles. The quantitative estimate of drug-likeness (QED) is 0.610. The van der Waals surface area contributed by atoms with Crippen molar-refractivity contribution in [1.82, 2.24) is 10.2 Å². The highest BCUT2D eigenvalue weighted by Gasteiger charge is 2.27. The van der Waals surface area contributed by atoms with Crippen molar-refractivity contribution in [3.8, 4) is 5.75 Å². The fourth-order valence-electron chi connectivity index (χ4n) is 4.31. The standard InChI is InChI=1S/C26H25N3O3S/c30-20-8-6-7-18(15-20)17-27-26(31)19-11-12-24-22(16-19)28-25(29-13-4-1-5-14-29)21-9-2-3-10-23(21)33(24)32/h2-3,6-12,15-16,30H,1,4-5,13-14,17H2,(H,27,31). The Balaban J connectivity index is 1.49. The number of rotatable bonds is 3. The van der Waals surface area contributed by atoms with Gasteiger partial charge in [0, 0.05) is 30.8 Å². The van der Waals surface area contributed by atoms with Crippen molar-refractivity contribution in [2.24, 2.45) is 4.99 Å². The number of hydrogen-bond donors (Lipinski definition) is 2. The number of amides is 1. The van der Waals surface area contributed by atoms with Gasteiger partial charge in [0.15, 0.2) is 0 Å². The Morgan fingerprint density at radius 2 is 1.79 bits per heavy atom. The highest BCUT2D eigenvalue weighted by atomic mass is 32.2. The van der Waals surface area contributed by atoms with Crippen LogP contribution < -0.4 is 5.32 Å². The predicted octanol–water partition coefficient (Wildman–Crippen LogP) is 4.37. The van der Waals surface area contributed by atoms with Gasteiger partial charge >= 0.3 is 0 Å². The van der Waals surface area contributed by atoms with Crippen molar-refractivity contribution in [3.05, 3.63) is 83.4 Å². The van der Waals surface area contributed by atoms with Gasteiger partial charge in [0.25, 0.3) is 5.91 Å². The molecular weight excluding hydrogens is 434 g/mol. The number of amidine groups is 1. The van der Waals surface area contributed by atoms with Gasteiger partial charge in [-0.25, -0.2) is 9.20 Å².